The molecule has 5 rings (SSSR count). The maximum absolute atomic E-state index is 13.0. The average molecular weight is 400 g/mol. The third kappa shape index (κ3) is 3.28. The van der Waals surface area contributed by atoms with Gasteiger partial charge in [-0.3, -0.25) is 19.7 Å². The average Bonchev–Trinajstić information content (AvgIpc) is 3.11. The number of aromatic nitrogens is 3. The summed E-state index contributed by atoms with van der Waals surface area (Å²) in [5.74, 6) is -0.0684. The van der Waals surface area contributed by atoms with Crippen molar-refractivity contribution in [1.82, 2.24) is 20.1 Å². The van der Waals surface area contributed by atoms with Crippen molar-refractivity contribution in [2.75, 3.05) is 0 Å². The number of H-pyrrole nitrogens is 1. The zero-order valence-electron chi connectivity index (χ0n) is 16.9. The highest BCUT2D eigenvalue weighted by Crippen LogP contribution is 2.23. The molecule has 0 unspecified atom stereocenters. The number of fused-ring (bicyclic) bond motifs is 3. The zero-order chi connectivity index (χ0) is 20.7. The van der Waals surface area contributed by atoms with Crippen LogP contribution in [0.3, 0.4) is 0 Å². The van der Waals surface area contributed by atoms with E-state index in [2.05, 4.69) is 15.4 Å². The topological polar surface area (TPSA) is 79.8 Å². The van der Waals surface area contributed by atoms with Crippen LogP contribution in [0.5, 0.6) is 0 Å². The van der Waals surface area contributed by atoms with E-state index < -0.39 is 0 Å². The first-order valence-electron chi connectivity index (χ1n) is 10.5. The number of nitrogens with zero attached hydrogens (tertiary/aromatic N) is 2. The minimum Gasteiger partial charge on any atom is -0.349 e. The Morgan fingerprint density at radius 1 is 1.07 bits per heavy atom. The fourth-order valence-corrected chi connectivity index (χ4v) is 4.29. The number of aryl methyl sites for hydroxylation is 1. The molecule has 6 heteroatoms. The summed E-state index contributed by atoms with van der Waals surface area (Å²) in [5.41, 5.74) is 3.77. The van der Waals surface area contributed by atoms with E-state index in [1.165, 1.54) is 23.9 Å². The lowest BCUT2D eigenvalue weighted by Gasteiger charge is -2.22. The molecule has 6 nitrogen and oxygen atoms in total. The van der Waals surface area contributed by atoms with Gasteiger partial charge in [0.05, 0.1) is 22.1 Å². The fraction of sp³-hybridized carbons (Fsp3) is 0.292. The minimum absolute atomic E-state index is 0.0684. The molecule has 1 amide bonds. The lowest BCUT2D eigenvalue weighted by molar-refractivity contribution is 0.0928. The number of carbonyl (C=O) groups is 1. The molecule has 0 bridgehead atoms. The zero-order valence-corrected chi connectivity index (χ0v) is 16.9. The van der Waals surface area contributed by atoms with Gasteiger partial charge in [0.15, 0.2) is 0 Å². The molecular weight excluding hydrogens is 376 g/mol. The first-order chi connectivity index (χ1) is 14.6. The van der Waals surface area contributed by atoms with E-state index in [0.29, 0.717) is 16.5 Å². The van der Waals surface area contributed by atoms with Gasteiger partial charge in [0.1, 0.15) is 0 Å². The third-order valence-corrected chi connectivity index (χ3v) is 6.02. The lowest BCUT2D eigenvalue weighted by Crippen LogP contribution is -2.36. The molecule has 0 aliphatic heterocycles. The molecular formula is C24H24N4O2. The van der Waals surface area contributed by atoms with Gasteiger partial charge in [-0.15, -0.1) is 0 Å². The van der Waals surface area contributed by atoms with Gasteiger partial charge < -0.3 is 5.32 Å². The third-order valence-electron chi connectivity index (χ3n) is 6.02. The second-order valence-electron chi connectivity index (χ2n) is 8.18. The Labute approximate surface area is 173 Å². The SMILES string of the molecule is Cc1ccc(-n2[nH]c3c(cnc4ccc(C(=O)NC5CCCCC5)cc43)c2=O)cc1. The predicted molar refractivity (Wildman–Crippen MR) is 118 cm³/mol. The Bertz CT molecular complexity index is 1290. The minimum atomic E-state index is -0.152. The molecule has 2 aromatic heterocycles. The van der Waals surface area contributed by atoms with Crippen molar-refractivity contribution in [1.29, 1.82) is 0 Å². The molecule has 30 heavy (non-hydrogen) atoms. The summed E-state index contributed by atoms with van der Waals surface area (Å²) < 4.78 is 1.53. The van der Waals surface area contributed by atoms with Crippen molar-refractivity contribution in [2.45, 2.75) is 45.1 Å². The van der Waals surface area contributed by atoms with Gasteiger partial charge in [-0.25, -0.2) is 4.68 Å². The van der Waals surface area contributed by atoms with E-state index in [4.69, 9.17) is 0 Å². The molecule has 2 N–H and O–H groups in total. The van der Waals surface area contributed by atoms with E-state index in [-0.39, 0.29) is 17.5 Å². The van der Waals surface area contributed by atoms with Crippen LogP contribution in [0.4, 0.5) is 0 Å². The number of nitrogens with one attached hydrogen (secondary N) is 2. The Balaban J connectivity index is 1.57. The van der Waals surface area contributed by atoms with Gasteiger partial charge >= 0.3 is 0 Å². The first-order valence-corrected chi connectivity index (χ1v) is 10.5. The molecule has 0 saturated heterocycles. The summed E-state index contributed by atoms with van der Waals surface area (Å²) in [7, 11) is 0. The van der Waals surface area contributed by atoms with Crippen molar-refractivity contribution >= 4 is 27.7 Å². The Hall–Kier alpha value is -3.41. The molecule has 0 atom stereocenters. The van der Waals surface area contributed by atoms with E-state index >= 15 is 0 Å². The smallest absolute Gasteiger partial charge is 0.280 e. The van der Waals surface area contributed by atoms with Crippen LogP contribution in [-0.2, 0) is 0 Å². The number of rotatable bonds is 3. The van der Waals surface area contributed by atoms with Crippen LogP contribution >= 0.6 is 0 Å². The number of aromatic amines is 1. The van der Waals surface area contributed by atoms with Crippen LogP contribution in [0.25, 0.3) is 27.5 Å². The number of hydrogen-bond donors (Lipinski definition) is 2. The number of benzene rings is 2. The second kappa shape index (κ2) is 7.44. The fourth-order valence-electron chi connectivity index (χ4n) is 4.29. The summed E-state index contributed by atoms with van der Waals surface area (Å²) in [6.45, 7) is 2.01. The number of amides is 1. The lowest BCUT2D eigenvalue weighted by atomic mass is 9.95. The summed E-state index contributed by atoms with van der Waals surface area (Å²) in [5, 5.41) is 7.66. The van der Waals surface area contributed by atoms with E-state index in [0.717, 1.165) is 35.0 Å². The summed E-state index contributed by atoms with van der Waals surface area (Å²) in [6, 6.07) is 13.5. The molecule has 1 saturated carbocycles. The number of hydrogen-bond acceptors (Lipinski definition) is 3. The highest BCUT2D eigenvalue weighted by molar-refractivity contribution is 6.06. The molecule has 1 aliphatic carbocycles. The molecule has 4 aromatic rings. The summed E-state index contributed by atoms with van der Waals surface area (Å²) in [6.07, 6.45) is 7.26. The quantitative estimate of drug-likeness (QED) is 0.540. The van der Waals surface area contributed by atoms with E-state index in [1.807, 2.05) is 43.3 Å². The van der Waals surface area contributed by atoms with Crippen molar-refractivity contribution in [3.63, 3.8) is 0 Å². The largest absolute Gasteiger partial charge is 0.349 e. The highest BCUT2D eigenvalue weighted by Gasteiger charge is 2.18. The van der Waals surface area contributed by atoms with Crippen LogP contribution in [0.1, 0.15) is 48.0 Å². The van der Waals surface area contributed by atoms with Crippen molar-refractivity contribution in [3.05, 3.63) is 70.1 Å². The van der Waals surface area contributed by atoms with Crippen LogP contribution in [0, 0.1) is 6.92 Å². The molecule has 0 spiro atoms. The summed E-state index contributed by atoms with van der Waals surface area (Å²) in [4.78, 5) is 30.2. The van der Waals surface area contributed by atoms with E-state index in [9.17, 15) is 9.59 Å². The van der Waals surface area contributed by atoms with Crippen LogP contribution in [0.2, 0.25) is 0 Å². The Morgan fingerprint density at radius 3 is 2.60 bits per heavy atom. The van der Waals surface area contributed by atoms with Gasteiger partial charge in [0.25, 0.3) is 11.5 Å². The summed E-state index contributed by atoms with van der Waals surface area (Å²) >= 11 is 0. The maximum atomic E-state index is 13.0. The molecule has 0 radical (unpaired) electrons. The van der Waals surface area contributed by atoms with Crippen LogP contribution in [0.15, 0.2) is 53.5 Å². The Morgan fingerprint density at radius 2 is 1.83 bits per heavy atom. The Kier molecular flexibility index (Phi) is 4.62. The maximum Gasteiger partial charge on any atom is 0.280 e. The van der Waals surface area contributed by atoms with Gasteiger partial charge in [-0.1, -0.05) is 37.0 Å². The van der Waals surface area contributed by atoms with Crippen molar-refractivity contribution in [3.8, 4) is 5.69 Å². The van der Waals surface area contributed by atoms with E-state index in [1.54, 1.807) is 12.3 Å². The molecule has 1 fully saturated rings. The monoisotopic (exact) mass is 400 g/mol. The molecule has 152 valence electrons. The number of carbonyl (C=O) groups excluding carboxylic acids is 1. The second-order valence-corrected chi connectivity index (χ2v) is 8.18. The van der Waals surface area contributed by atoms with Crippen LogP contribution in [-0.4, -0.2) is 26.7 Å². The predicted octanol–water partition coefficient (Wildman–Crippen LogP) is 4.24. The van der Waals surface area contributed by atoms with Crippen molar-refractivity contribution < 1.29 is 4.79 Å². The molecule has 1 aliphatic rings. The number of pyridine rings is 1. The standard InChI is InChI=1S/C24H24N4O2/c1-15-7-10-18(11-8-15)28-24(30)20-14-25-21-12-9-16(13-19(21)22(20)27-28)23(29)26-17-5-3-2-4-6-17/h7-14,17,27H,2-6H2,1H3,(H,26,29). The van der Waals surface area contributed by atoms with Crippen molar-refractivity contribution in [2.24, 2.45) is 0 Å². The highest BCUT2D eigenvalue weighted by atomic mass is 16.1. The van der Waals surface area contributed by atoms with Gasteiger partial charge in [0.2, 0.25) is 0 Å². The normalized spacial score (nSPS) is 15.0. The van der Waals surface area contributed by atoms with Gasteiger partial charge in [0, 0.05) is 23.2 Å². The van der Waals surface area contributed by atoms with Gasteiger partial charge in [-0.2, -0.15) is 0 Å². The van der Waals surface area contributed by atoms with Crippen LogP contribution < -0.4 is 10.9 Å². The molecule has 2 heterocycles. The molecule has 2 aromatic carbocycles. The first kappa shape index (κ1) is 18.6. The van der Waals surface area contributed by atoms with Gasteiger partial charge in [-0.05, 0) is 50.1 Å².